The maximum atomic E-state index is 12.4. The van der Waals surface area contributed by atoms with Gasteiger partial charge in [-0.3, -0.25) is 9.48 Å². The smallest absolute Gasteiger partial charge is 0.271 e. The Hall–Kier alpha value is -2.58. The number of methoxy groups -OCH3 is 1. The molecule has 2 unspecified atom stereocenters. The first-order valence-electron chi connectivity index (χ1n) is 9.61. The third-order valence-electron chi connectivity index (χ3n) is 5.06. The SMILES string of the molecule is COc1ccc(CC(CO)CNC(=O)c2ccn(C3CCCNC3)n2)cc1O. The highest BCUT2D eigenvalue weighted by atomic mass is 16.5. The zero-order valence-corrected chi connectivity index (χ0v) is 16.1. The molecule has 152 valence electrons. The van der Waals surface area contributed by atoms with Crippen molar-refractivity contribution in [3.8, 4) is 11.5 Å². The largest absolute Gasteiger partial charge is 0.504 e. The number of benzene rings is 1. The van der Waals surface area contributed by atoms with E-state index in [9.17, 15) is 15.0 Å². The molecule has 28 heavy (non-hydrogen) atoms. The van der Waals surface area contributed by atoms with Crippen molar-refractivity contribution in [1.82, 2.24) is 20.4 Å². The van der Waals surface area contributed by atoms with E-state index < -0.39 is 0 Å². The number of ether oxygens (including phenoxy) is 1. The lowest BCUT2D eigenvalue weighted by Gasteiger charge is -2.22. The summed E-state index contributed by atoms with van der Waals surface area (Å²) < 4.78 is 6.89. The van der Waals surface area contributed by atoms with Crippen LogP contribution < -0.4 is 15.4 Å². The quantitative estimate of drug-likeness (QED) is 0.539. The van der Waals surface area contributed by atoms with Crippen LogP contribution in [0.2, 0.25) is 0 Å². The molecule has 1 amide bonds. The summed E-state index contributed by atoms with van der Waals surface area (Å²) >= 11 is 0. The molecule has 8 heteroatoms. The van der Waals surface area contributed by atoms with E-state index in [0.29, 0.717) is 24.4 Å². The van der Waals surface area contributed by atoms with Crippen molar-refractivity contribution in [2.75, 3.05) is 33.4 Å². The van der Waals surface area contributed by atoms with Crippen LogP contribution in [0, 0.1) is 5.92 Å². The number of phenolic OH excluding ortho intramolecular Hbond substituents is 1. The van der Waals surface area contributed by atoms with Gasteiger partial charge in [-0.2, -0.15) is 5.10 Å². The van der Waals surface area contributed by atoms with Crippen LogP contribution in [0.15, 0.2) is 30.5 Å². The van der Waals surface area contributed by atoms with E-state index in [0.717, 1.165) is 31.5 Å². The van der Waals surface area contributed by atoms with Gasteiger partial charge in [0.25, 0.3) is 5.91 Å². The van der Waals surface area contributed by atoms with Crippen LogP contribution in [0.3, 0.4) is 0 Å². The van der Waals surface area contributed by atoms with Gasteiger partial charge in [0, 0.05) is 31.8 Å². The minimum Gasteiger partial charge on any atom is -0.504 e. The highest BCUT2D eigenvalue weighted by Gasteiger charge is 2.18. The van der Waals surface area contributed by atoms with Crippen molar-refractivity contribution in [3.63, 3.8) is 0 Å². The van der Waals surface area contributed by atoms with Gasteiger partial charge in [0.2, 0.25) is 0 Å². The van der Waals surface area contributed by atoms with Crippen LogP contribution in [-0.2, 0) is 6.42 Å². The first kappa shape index (κ1) is 20.2. The normalized spacial score (nSPS) is 17.9. The number of phenols is 1. The lowest BCUT2D eigenvalue weighted by Crippen LogP contribution is -2.33. The molecule has 2 atom stereocenters. The van der Waals surface area contributed by atoms with Crippen LogP contribution in [0.4, 0.5) is 0 Å². The standard InChI is InChI=1S/C20H28N4O4/c1-28-19-5-4-14(10-18(19)26)9-15(13-25)11-22-20(27)17-6-8-24(23-17)16-3-2-7-21-12-16/h4-6,8,10,15-16,21,25-26H,2-3,7,9,11-13H2,1H3,(H,22,27). The zero-order chi connectivity index (χ0) is 19.9. The minimum absolute atomic E-state index is 0.0588. The van der Waals surface area contributed by atoms with Gasteiger partial charge in [-0.25, -0.2) is 0 Å². The van der Waals surface area contributed by atoms with E-state index in [-0.39, 0.29) is 30.2 Å². The summed E-state index contributed by atoms with van der Waals surface area (Å²) in [6.07, 6.45) is 4.52. The van der Waals surface area contributed by atoms with Gasteiger partial charge in [0.05, 0.1) is 13.2 Å². The van der Waals surface area contributed by atoms with Crippen LogP contribution in [-0.4, -0.2) is 59.3 Å². The van der Waals surface area contributed by atoms with Crippen molar-refractivity contribution < 1.29 is 19.7 Å². The van der Waals surface area contributed by atoms with Crippen molar-refractivity contribution in [1.29, 1.82) is 0 Å². The number of piperidine rings is 1. The number of hydrogen-bond acceptors (Lipinski definition) is 6. The number of amides is 1. The number of aromatic nitrogens is 2. The molecular weight excluding hydrogens is 360 g/mol. The lowest BCUT2D eigenvalue weighted by molar-refractivity contribution is 0.0933. The second kappa shape index (κ2) is 9.57. The second-order valence-corrected chi connectivity index (χ2v) is 7.15. The second-order valence-electron chi connectivity index (χ2n) is 7.15. The molecule has 1 saturated heterocycles. The fourth-order valence-electron chi connectivity index (χ4n) is 3.45. The molecule has 4 N–H and O–H groups in total. The van der Waals surface area contributed by atoms with Crippen molar-refractivity contribution in [3.05, 3.63) is 41.7 Å². The number of nitrogens with one attached hydrogen (secondary N) is 2. The first-order valence-corrected chi connectivity index (χ1v) is 9.61. The van der Waals surface area contributed by atoms with E-state index >= 15 is 0 Å². The van der Waals surface area contributed by atoms with E-state index in [2.05, 4.69) is 15.7 Å². The molecule has 1 aromatic heterocycles. The monoisotopic (exact) mass is 388 g/mol. The Morgan fingerprint density at radius 1 is 1.46 bits per heavy atom. The predicted octanol–water partition coefficient (Wildman–Crippen LogP) is 1.10. The van der Waals surface area contributed by atoms with Gasteiger partial charge in [0.15, 0.2) is 11.5 Å². The van der Waals surface area contributed by atoms with Crippen LogP contribution in [0.25, 0.3) is 0 Å². The van der Waals surface area contributed by atoms with Crippen molar-refractivity contribution in [2.24, 2.45) is 5.92 Å². The Morgan fingerprint density at radius 3 is 3.00 bits per heavy atom. The molecule has 0 radical (unpaired) electrons. The van der Waals surface area contributed by atoms with Crippen LogP contribution >= 0.6 is 0 Å². The fraction of sp³-hybridized carbons (Fsp3) is 0.500. The Bertz CT molecular complexity index is 786. The summed E-state index contributed by atoms with van der Waals surface area (Å²) in [7, 11) is 1.49. The fourth-order valence-corrected chi connectivity index (χ4v) is 3.45. The maximum Gasteiger partial charge on any atom is 0.271 e. The molecule has 8 nitrogen and oxygen atoms in total. The van der Waals surface area contributed by atoms with E-state index in [1.165, 1.54) is 7.11 Å². The minimum atomic E-state index is -0.251. The summed E-state index contributed by atoms with van der Waals surface area (Å²) in [5, 5.41) is 30.1. The molecule has 1 aliphatic heterocycles. The third kappa shape index (κ3) is 5.02. The number of hydrogen-bond donors (Lipinski definition) is 4. The van der Waals surface area contributed by atoms with Crippen molar-refractivity contribution in [2.45, 2.75) is 25.3 Å². The van der Waals surface area contributed by atoms with E-state index in [4.69, 9.17) is 4.74 Å². The molecular formula is C20H28N4O4. The molecule has 0 aliphatic carbocycles. The molecule has 0 bridgehead atoms. The number of aliphatic hydroxyl groups is 1. The summed E-state index contributed by atoms with van der Waals surface area (Å²) in [5.41, 5.74) is 1.24. The number of carbonyl (C=O) groups is 1. The molecule has 0 spiro atoms. The Balaban J connectivity index is 1.53. The zero-order valence-electron chi connectivity index (χ0n) is 16.1. The third-order valence-corrected chi connectivity index (χ3v) is 5.06. The van der Waals surface area contributed by atoms with Gasteiger partial charge < -0.3 is 25.6 Å². The summed E-state index contributed by atoms with van der Waals surface area (Å²) in [4.78, 5) is 12.4. The number of aliphatic hydroxyl groups excluding tert-OH is 1. The van der Waals surface area contributed by atoms with Gasteiger partial charge in [-0.15, -0.1) is 0 Å². The number of carbonyl (C=O) groups excluding carboxylic acids is 1. The average Bonchev–Trinajstić information content (AvgIpc) is 3.22. The predicted molar refractivity (Wildman–Crippen MR) is 105 cm³/mol. The lowest BCUT2D eigenvalue weighted by atomic mass is 9.99. The van der Waals surface area contributed by atoms with Gasteiger partial charge >= 0.3 is 0 Å². The number of rotatable bonds is 8. The van der Waals surface area contributed by atoms with Gasteiger partial charge in [0.1, 0.15) is 5.69 Å². The van der Waals surface area contributed by atoms with Crippen LogP contribution in [0.1, 0.15) is 34.9 Å². The molecule has 2 heterocycles. The Morgan fingerprint density at radius 2 is 2.32 bits per heavy atom. The molecule has 1 aromatic carbocycles. The highest BCUT2D eigenvalue weighted by Crippen LogP contribution is 2.27. The summed E-state index contributed by atoms with van der Waals surface area (Å²) in [6, 6.07) is 7.14. The number of nitrogens with zero attached hydrogens (tertiary/aromatic N) is 2. The molecule has 3 rings (SSSR count). The maximum absolute atomic E-state index is 12.4. The topological polar surface area (TPSA) is 109 Å². The number of aromatic hydroxyl groups is 1. The van der Waals surface area contributed by atoms with E-state index in [1.54, 1.807) is 18.2 Å². The molecule has 2 aromatic rings. The molecule has 1 aliphatic rings. The molecule has 0 saturated carbocycles. The van der Waals surface area contributed by atoms with E-state index in [1.807, 2.05) is 16.9 Å². The average molecular weight is 388 g/mol. The highest BCUT2D eigenvalue weighted by molar-refractivity contribution is 5.92. The Kier molecular flexibility index (Phi) is 6.89. The van der Waals surface area contributed by atoms with Gasteiger partial charge in [-0.1, -0.05) is 6.07 Å². The summed E-state index contributed by atoms with van der Waals surface area (Å²) in [5.74, 6) is 0.0461. The van der Waals surface area contributed by atoms with Gasteiger partial charge in [-0.05, 0) is 49.6 Å². The Labute approximate surface area is 164 Å². The van der Waals surface area contributed by atoms with Crippen molar-refractivity contribution >= 4 is 5.91 Å². The summed E-state index contributed by atoms with van der Waals surface area (Å²) in [6.45, 7) is 2.14. The first-order chi connectivity index (χ1) is 13.6. The van der Waals surface area contributed by atoms with Crippen LogP contribution in [0.5, 0.6) is 11.5 Å². The molecule has 1 fully saturated rings.